The first-order valence-corrected chi connectivity index (χ1v) is 3.62. The highest BCUT2D eigenvalue weighted by atomic mass is 16.5. The Morgan fingerprint density at radius 3 is 2.50 bits per heavy atom. The van der Waals surface area contributed by atoms with Crippen LogP contribution in [0, 0.1) is 0 Å². The standard InChI is InChI=1S/C8H12N2O2/c1-9-6-10(12)7-2-4-8(11)5-3-7/h2-5,9,11-12H,6H2,1H3/p-1. The van der Waals surface area contributed by atoms with Crippen LogP contribution < -0.4 is 15.5 Å². The summed E-state index contributed by atoms with van der Waals surface area (Å²) in [5.74, 6) is -0.0587. The molecule has 0 aliphatic carbocycles. The van der Waals surface area contributed by atoms with Gasteiger partial charge in [0.15, 0.2) is 0 Å². The van der Waals surface area contributed by atoms with E-state index in [1.807, 2.05) is 0 Å². The number of hydrogen-bond acceptors (Lipinski definition) is 4. The summed E-state index contributed by atoms with van der Waals surface area (Å²) < 4.78 is 0. The molecule has 0 aliphatic rings. The van der Waals surface area contributed by atoms with E-state index in [0.29, 0.717) is 12.4 Å². The first-order valence-electron chi connectivity index (χ1n) is 3.62. The summed E-state index contributed by atoms with van der Waals surface area (Å²) in [5, 5.41) is 23.8. The molecule has 0 bridgehead atoms. The lowest BCUT2D eigenvalue weighted by Crippen LogP contribution is -2.28. The molecule has 0 spiro atoms. The molecule has 2 N–H and O–H groups in total. The molecule has 0 aromatic heterocycles. The van der Waals surface area contributed by atoms with Crippen molar-refractivity contribution in [3.63, 3.8) is 0 Å². The fraction of sp³-hybridized carbons (Fsp3) is 0.250. The molecule has 1 rings (SSSR count). The van der Waals surface area contributed by atoms with Gasteiger partial charge in [-0.1, -0.05) is 12.1 Å². The van der Waals surface area contributed by atoms with Gasteiger partial charge in [-0.25, -0.2) is 5.06 Å². The van der Waals surface area contributed by atoms with Gasteiger partial charge in [-0.3, -0.25) is 5.21 Å². The SMILES string of the molecule is CNCN(O)c1ccc([O-])cc1. The molecule has 0 saturated heterocycles. The van der Waals surface area contributed by atoms with E-state index in [4.69, 9.17) is 0 Å². The first kappa shape index (κ1) is 8.83. The van der Waals surface area contributed by atoms with Gasteiger partial charge in [0.05, 0.1) is 12.4 Å². The van der Waals surface area contributed by atoms with Crippen molar-refractivity contribution in [2.45, 2.75) is 0 Å². The van der Waals surface area contributed by atoms with Crippen LogP contribution in [0.15, 0.2) is 24.3 Å². The van der Waals surface area contributed by atoms with Crippen molar-refractivity contribution in [3.8, 4) is 5.75 Å². The summed E-state index contributed by atoms with van der Waals surface area (Å²) in [6.45, 7) is 0.332. The Labute approximate surface area is 71.0 Å². The highest BCUT2D eigenvalue weighted by Gasteiger charge is 1.97. The predicted octanol–water partition coefficient (Wildman–Crippen LogP) is 0.133. The van der Waals surface area contributed by atoms with Crippen LogP contribution in [0.4, 0.5) is 5.69 Å². The molecule has 0 amide bonds. The van der Waals surface area contributed by atoms with Crippen molar-refractivity contribution in [3.05, 3.63) is 24.3 Å². The number of benzene rings is 1. The number of anilines is 1. The van der Waals surface area contributed by atoms with Gasteiger partial charge >= 0.3 is 0 Å². The molecule has 0 atom stereocenters. The topological polar surface area (TPSA) is 58.6 Å². The number of rotatable bonds is 3. The number of hydroxylamine groups is 1. The lowest BCUT2D eigenvalue weighted by atomic mass is 10.3. The molecule has 1 aromatic rings. The summed E-state index contributed by atoms with van der Waals surface area (Å²) in [4.78, 5) is 0. The molecule has 4 heteroatoms. The van der Waals surface area contributed by atoms with Crippen LogP contribution in [-0.2, 0) is 0 Å². The minimum atomic E-state index is -0.0587. The molecular formula is C8H11N2O2-. The maximum absolute atomic E-state index is 10.7. The minimum Gasteiger partial charge on any atom is -0.872 e. The maximum atomic E-state index is 10.7. The van der Waals surface area contributed by atoms with Crippen LogP contribution in [-0.4, -0.2) is 18.9 Å². The van der Waals surface area contributed by atoms with E-state index in [0.717, 1.165) is 5.06 Å². The molecular weight excluding hydrogens is 156 g/mol. The van der Waals surface area contributed by atoms with E-state index in [-0.39, 0.29) is 5.75 Å². The van der Waals surface area contributed by atoms with Crippen LogP contribution in [0.2, 0.25) is 0 Å². The monoisotopic (exact) mass is 167 g/mol. The number of hydrogen-bond donors (Lipinski definition) is 2. The van der Waals surface area contributed by atoms with E-state index in [1.54, 1.807) is 19.2 Å². The summed E-state index contributed by atoms with van der Waals surface area (Å²) in [6.07, 6.45) is 0. The van der Waals surface area contributed by atoms with E-state index in [2.05, 4.69) is 5.32 Å². The van der Waals surface area contributed by atoms with Gasteiger partial charge in [-0.2, -0.15) is 0 Å². The molecule has 1 aromatic carbocycles. The third-order valence-electron chi connectivity index (χ3n) is 1.44. The quantitative estimate of drug-likeness (QED) is 0.496. The van der Waals surface area contributed by atoms with Crippen molar-refractivity contribution < 1.29 is 10.3 Å². The molecule has 0 aliphatic heterocycles. The third-order valence-corrected chi connectivity index (χ3v) is 1.44. The van der Waals surface area contributed by atoms with Crippen molar-refractivity contribution in [2.24, 2.45) is 0 Å². The minimum absolute atomic E-state index is 0.0587. The number of nitrogens with zero attached hydrogens (tertiary/aromatic N) is 1. The Bertz CT molecular complexity index is 235. The molecule has 0 fully saturated rings. The van der Waals surface area contributed by atoms with E-state index < -0.39 is 0 Å². The molecule has 12 heavy (non-hydrogen) atoms. The zero-order valence-electron chi connectivity index (χ0n) is 6.82. The second-order valence-electron chi connectivity index (χ2n) is 2.41. The smallest absolute Gasteiger partial charge is 0.0946 e. The Hall–Kier alpha value is -1.26. The highest BCUT2D eigenvalue weighted by Crippen LogP contribution is 2.14. The van der Waals surface area contributed by atoms with E-state index >= 15 is 0 Å². The average molecular weight is 167 g/mol. The summed E-state index contributed by atoms with van der Waals surface area (Å²) >= 11 is 0. The molecule has 0 saturated carbocycles. The molecule has 66 valence electrons. The maximum Gasteiger partial charge on any atom is 0.0946 e. The van der Waals surface area contributed by atoms with Gasteiger partial charge in [-0.15, -0.1) is 5.75 Å². The van der Waals surface area contributed by atoms with Crippen molar-refractivity contribution in [2.75, 3.05) is 18.8 Å². The zero-order valence-corrected chi connectivity index (χ0v) is 6.82. The normalized spacial score (nSPS) is 9.83. The Morgan fingerprint density at radius 2 is 2.00 bits per heavy atom. The van der Waals surface area contributed by atoms with Crippen molar-refractivity contribution >= 4 is 5.69 Å². The third kappa shape index (κ3) is 2.11. The van der Waals surface area contributed by atoms with Crippen LogP contribution in [0.25, 0.3) is 0 Å². The first-order chi connectivity index (χ1) is 5.74. The Balaban J connectivity index is 2.68. The van der Waals surface area contributed by atoms with Gasteiger partial charge in [0.2, 0.25) is 0 Å². The average Bonchev–Trinajstić information content (AvgIpc) is 2.06. The van der Waals surface area contributed by atoms with Crippen LogP contribution in [0.1, 0.15) is 0 Å². The van der Waals surface area contributed by atoms with Crippen LogP contribution >= 0.6 is 0 Å². The molecule has 0 radical (unpaired) electrons. The Morgan fingerprint density at radius 1 is 1.42 bits per heavy atom. The zero-order chi connectivity index (χ0) is 8.97. The second-order valence-corrected chi connectivity index (χ2v) is 2.41. The predicted molar refractivity (Wildman–Crippen MR) is 44.1 cm³/mol. The molecule has 0 unspecified atom stereocenters. The lowest BCUT2D eigenvalue weighted by molar-refractivity contribution is -0.268. The Kier molecular flexibility index (Phi) is 2.90. The van der Waals surface area contributed by atoms with Crippen LogP contribution in [0.3, 0.4) is 0 Å². The fourth-order valence-electron chi connectivity index (χ4n) is 0.859. The van der Waals surface area contributed by atoms with Gasteiger partial charge in [-0.05, 0) is 19.2 Å². The van der Waals surface area contributed by atoms with Crippen LogP contribution in [0.5, 0.6) is 5.75 Å². The van der Waals surface area contributed by atoms with E-state index in [9.17, 15) is 10.3 Å². The summed E-state index contributed by atoms with van der Waals surface area (Å²) in [5.41, 5.74) is 0.601. The number of nitrogens with one attached hydrogen (secondary N) is 1. The van der Waals surface area contributed by atoms with E-state index in [1.165, 1.54) is 12.1 Å². The van der Waals surface area contributed by atoms with Crippen molar-refractivity contribution in [1.82, 2.24) is 5.32 Å². The van der Waals surface area contributed by atoms with Gasteiger partial charge in [0, 0.05) is 0 Å². The highest BCUT2D eigenvalue weighted by molar-refractivity contribution is 5.45. The van der Waals surface area contributed by atoms with Gasteiger partial charge in [0.25, 0.3) is 0 Å². The second kappa shape index (κ2) is 3.94. The lowest BCUT2D eigenvalue weighted by Gasteiger charge is -2.17. The molecule has 0 heterocycles. The fourth-order valence-corrected chi connectivity index (χ4v) is 0.859. The van der Waals surface area contributed by atoms with Gasteiger partial charge < -0.3 is 10.4 Å². The summed E-state index contributed by atoms with van der Waals surface area (Å²) in [7, 11) is 1.73. The van der Waals surface area contributed by atoms with Crippen molar-refractivity contribution in [1.29, 1.82) is 0 Å². The van der Waals surface area contributed by atoms with Gasteiger partial charge in [0.1, 0.15) is 0 Å². The molecule has 4 nitrogen and oxygen atoms in total. The summed E-state index contributed by atoms with van der Waals surface area (Å²) in [6, 6.07) is 5.96. The largest absolute Gasteiger partial charge is 0.872 e.